The van der Waals surface area contributed by atoms with Crippen LogP contribution in [-0.2, 0) is 7.05 Å². The van der Waals surface area contributed by atoms with Crippen molar-refractivity contribution in [3.63, 3.8) is 0 Å². The predicted octanol–water partition coefficient (Wildman–Crippen LogP) is 13.0. The quantitative estimate of drug-likeness (QED) is 0.128. The molecule has 0 aliphatic heterocycles. The van der Waals surface area contributed by atoms with Gasteiger partial charge in [-0.05, 0) is 93.4 Å². The highest BCUT2D eigenvalue weighted by molar-refractivity contribution is 7.26. The van der Waals surface area contributed by atoms with Gasteiger partial charge in [0.25, 0.3) is 5.82 Å². The van der Waals surface area contributed by atoms with Gasteiger partial charge in [0, 0.05) is 26.6 Å². The summed E-state index contributed by atoms with van der Waals surface area (Å²) < 4.78 is 7.71. The molecule has 0 aliphatic carbocycles. The Bertz CT molecular complexity index is 2750. The highest BCUT2D eigenvalue weighted by atomic mass is 32.1. The number of aromatic nitrogens is 2. The first-order valence-electron chi connectivity index (χ1n) is 17.8. The van der Waals surface area contributed by atoms with Crippen molar-refractivity contribution in [3.8, 4) is 28.2 Å². The Morgan fingerprint density at radius 1 is 0.580 bits per heavy atom. The standard InChI is InChI=1S/C47H41N2S/c1-28(2)37-24-34(31-14-8-7-9-15-31)25-38(29(3)4)45(37)49-42-19-13-12-18-41(42)48(6)47(49)44-30(5)20-23-36-40-27-39-33(26-43(40)50-46(36)44)22-21-32-16-10-11-17-35(32)39/h7-29H,1-6H3/q+1. The molecule has 0 atom stereocenters. The number of fused-ring (bicyclic) bond motifs is 7. The first-order chi connectivity index (χ1) is 24.3. The van der Waals surface area contributed by atoms with E-state index in [1.54, 1.807) is 0 Å². The van der Waals surface area contributed by atoms with Gasteiger partial charge in [0.1, 0.15) is 5.69 Å². The normalized spacial score (nSPS) is 12.2. The van der Waals surface area contributed by atoms with Gasteiger partial charge in [-0.15, -0.1) is 11.3 Å². The van der Waals surface area contributed by atoms with Gasteiger partial charge < -0.3 is 0 Å². The van der Waals surface area contributed by atoms with Crippen LogP contribution in [0.15, 0.2) is 127 Å². The predicted molar refractivity (Wildman–Crippen MR) is 216 cm³/mol. The van der Waals surface area contributed by atoms with Crippen LogP contribution >= 0.6 is 11.3 Å². The molecule has 0 saturated carbocycles. The Kier molecular flexibility index (Phi) is 7.19. The SMILES string of the molecule is Cc1ccc2c(sc3cc4ccc5ccccc5c4cc32)c1-c1n(-c2c(C(C)C)cc(-c3ccccc3)cc2C(C)C)c2ccccc2[n+]1C. The van der Waals surface area contributed by atoms with Gasteiger partial charge in [-0.25, -0.2) is 4.57 Å². The fourth-order valence-electron chi connectivity index (χ4n) is 8.15. The first kappa shape index (κ1) is 30.8. The zero-order valence-electron chi connectivity index (χ0n) is 29.6. The van der Waals surface area contributed by atoms with E-state index in [9.17, 15) is 0 Å². The molecule has 50 heavy (non-hydrogen) atoms. The summed E-state index contributed by atoms with van der Waals surface area (Å²) in [4.78, 5) is 0. The highest BCUT2D eigenvalue weighted by Gasteiger charge is 2.33. The lowest BCUT2D eigenvalue weighted by Crippen LogP contribution is -2.30. The Morgan fingerprint density at radius 2 is 1.26 bits per heavy atom. The number of aryl methyl sites for hydroxylation is 2. The van der Waals surface area contributed by atoms with E-state index in [0.29, 0.717) is 11.8 Å². The van der Waals surface area contributed by atoms with E-state index in [1.807, 2.05) is 11.3 Å². The molecule has 2 aromatic heterocycles. The van der Waals surface area contributed by atoms with Gasteiger partial charge in [-0.3, -0.25) is 0 Å². The van der Waals surface area contributed by atoms with Crippen molar-refractivity contribution in [3.05, 3.63) is 144 Å². The lowest BCUT2D eigenvalue weighted by Gasteiger charge is -2.21. The van der Waals surface area contributed by atoms with E-state index in [4.69, 9.17) is 0 Å². The smallest absolute Gasteiger partial charge is 0.225 e. The van der Waals surface area contributed by atoms with E-state index in [-0.39, 0.29) is 0 Å². The van der Waals surface area contributed by atoms with Crippen LogP contribution in [0.4, 0.5) is 0 Å². The molecule has 2 heterocycles. The van der Waals surface area contributed by atoms with Crippen LogP contribution in [0.25, 0.3) is 81.0 Å². The molecule has 244 valence electrons. The van der Waals surface area contributed by atoms with Crippen molar-refractivity contribution < 1.29 is 4.57 Å². The maximum absolute atomic E-state index is 2.60. The summed E-state index contributed by atoms with van der Waals surface area (Å²) >= 11 is 1.93. The van der Waals surface area contributed by atoms with Gasteiger partial charge in [0.2, 0.25) is 0 Å². The fourth-order valence-corrected chi connectivity index (χ4v) is 9.48. The fraction of sp³-hybridized carbons (Fsp3) is 0.170. The van der Waals surface area contributed by atoms with E-state index < -0.39 is 0 Å². The molecule has 9 rings (SSSR count). The molecule has 0 amide bonds. The van der Waals surface area contributed by atoms with E-state index in [1.165, 1.54) is 97.6 Å². The monoisotopic (exact) mass is 665 g/mol. The van der Waals surface area contributed by atoms with Crippen LogP contribution in [0, 0.1) is 6.92 Å². The van der Waals surface area contributed by atoms with Crippen LogP contribution in [0.1, 0.15) is 56.2 Å². The lowest BCUT2D eigenvalue weighted by atomic mass is 9.88. The van der Waals surface area contributed by atoms with Gasteiger partial charge in [-0.1, -0.05) is 119 Å². The number of hydrogen-bond donors (Lipinski definition) is 0. The number of rotatable bonds is 5. The molecule has 0 N–H and O–H groups in total. The summed E-state index contributed by atoms with van der Waals surface area (Å²) in [6, 6.07) is 47.5. The van der Waals surface area contributed by atoms with Crippen molar-refractivity contribution in [1.82, 2.24) is 4.57 Å². The van der Waals surface area contributed by atoms with Gasteiger partial charge >= 0.3 is 0 Å². The Morgan fingerprint density at radius 3 is 2.02 bits per heavy atom. The molecule has 7 aromatic carbocycles. The molecule has 0 bridgehead atoms. The molecule has 0 spiro atoms. The van der Waals surface area contributed by atoms with Gasteiger partial charge in [0.05, 0.1) is 17.3 Å². The maximum Gasteiger partial charge on any atom is 0.296 e. The van der Waals surface area contributed by atoms with Gasteiger partial charge in [0.15, 0.2) is 11.0 Å². The number of thiophene rings is 1. The third-order valence-electron chi connectivity index (χ3n) is 10.7. The van der Waals surface area contributed by atoms with Gasteiger partial charge in [-0.2, -0.15) is 4.57 Å². The van der Waals surface area contributed by atoms with Crippen LogP contribution < -0.4 is 4.57 Å². The molecule has 0 fully saturated rings. The molecular formula is C47H41N2S+. The minimum Gasteiger partial charge on any atom is -0.225 e. The zero-order valence-corrected chi connectivity index (χ0v) is 30.4. The summed E-state index contributed by atoms with van der Waals surface area (Å²) in [7, 11) is 2.25. The average Bonchev–Trinajstić information content (AvgIpc) is 3.64. The van der Waals surface area contributed by atoms with E-state index in [2.05, 4.69) is 178 Å². The molecule has 2 nitrogen and oxygen atoms in total. The second-order valence-corrected chi connectivity index (χ2v) is 15.5. The van der Waals surface area contributed by atoms with Crippen LogP contribution in [0.3, 0.4) is 0 Å². The lowest BCUT2D eigenvalue weighted by molar-refractivity contribution is -0.633. The molecule has 3 heteroatoms. The van der Waals surface area contributed by atoms with Crippen molar-refractivity contribution in [2.24, 2.45) is 7.05 Å². The second-order valence-electron chi connectivity index (χ2n) is 14.5. The Labute approximate surface area is 297 Å². The summed E-state index contributed by atoms with van der Waals surface area (Å²) in [5.74, 6) is 1.88. The van der Waals surface area contributed by atoms with Crippen molar-refractivity contribution in [2.45, 2.75) is 46.5 Å². The van der Waals surface area contributed by atoms with Crippen LogP contribution in [0.2, 0.25) is 0 Å². The summed E-state index contributed by atoms with van der Waals surface area (Å²) in [6.07, 6.45) is 0. The Hall–Kier alpha value is -5.25. The number of hydrogen-bond acceptors (Lipinski definition) is 1. The number of benzene rings is 7. The maximum atomic E-state index is 2.60. The first-order valence-corrected chi connectivity index (χ1v) is 18.6. The zero-order chi connectivity index (χ0) is 34.3. The topological polar surface area (TPSA) is 8.81 Å². The molecular weight excluding hydrogens is 625 g/mol. The van der Waals surface area contributed by atoms with Crippen molar-refractivity contribution in [2.75, 3.05) is 0 Å². The summed E-state index contributed by atoms with van der Waals surface area (Å²) in [5.41, 5.74) is 11.7. The third kappa shape index (κ3) is 4.64. The minimum absolute atomic E-state index is 0.328. The molecule has 9 aromatic rings. The number of imidazole rings is 1. The highest BCUT2D eigenvalue weighted by Crippen LogP contribution is 2.46. The van der Waals surface area contributed by atoms with Crippen molar-refractivity contribution >= 4 is 64.1 Å². The summed E-state index contributed by atoms with van der Waals surface area (Å²) in [5, 5.41) is 7.86. The number of para-hydroxylation sites is 2. The molecule has 0 radical (unpaired) electrons. The molecule has 0 unspecified atom stereocenters. The second kappa shape index (κ2) is 11.7. The van der Waals surface area contributed by atoms with E-state index in [0.717, 1.165) is 0 Å². The molecule has 0 aliphatic rings. The molecule has 0 saturated heterocycles. The van der Waals surface area contributed by atoms with Crippen molar-refractivity contribution in [1.29, 1.82) is 0 Å². The van der Waals surface area contributed by atoms with Crippen LogP contribution in [0.5, 0.6) is 0 Å². The Balaban J connectivity index is 1.40. The third-order valence-corrected chi connectivity index (χ3v) is 11.9. The average molecular weight is 666 g/mol. The largest absolute Gasteiger partial charge is 0.296 e. The van der Waals surface area contributed by atoms with Crippen LogP contribution in [-0.4, -0.2) is 4.57 Å². The van der Waals surface area contributed by atoms with E-state index >= 15 is 0 Å². The summed E-state index contributed by atoms with van der Waals surface area (Å²) in [6.45, 7) is 11.7. The number of nitrogens with zero attached hydrogens (tertiary/aromatic N) is 2. The minimum atomic E-state index is 0.328.